The van der Waals surface area contributed by atoms with Crippen LogP contribution in [0.3, 0.4) is 0 Å². The molecule has 2 N–H and O–H groups in total. The van der Waals surface area contributed by atoms with Gasteiger partial charge in [-0.05, 0) is 37.0 Å². The minimum atomic E-state index is -0.405. The van der Waals surface area contributed by atoms with Gasteiger partial charge in [0.15, 0.2) is 11.5 Å². The Hall–Kier alpha value is -1.26. The highest BCUT2D eigenvalue weighted by Crippen LogP contribution is 2.32. The molecule has 4 heteroatoms. The standard InChI is InChI=1S/C13H18O4/c1-16-12-6-5-9(8-14)7-13(12)17-11-4-2-3-10(11)15/h5-7,10-11,14-15H,2-4,8H2,1H3. The number of rotatable bonds is 4. The van der Waals surface area contributed by atoms with Crippen molar-refractivity contribution in [1.82, 2.24) is 0 Å². The number of benzene rings is 1. The molecule has 0 spiro atoms. The van der Waals surface area contributed by atoms with Gasteiger partial charge in [-0.1, -0.05) is 6.07 Å². The van der Waals surface area contributed by atoms with E-state index in [1.165, 1.54) is 0 Å². The fourth-order valence-corrected chi connectivity index (χ4v) is 2.12. The van der Waals surface area contributed by atoms with Crippen molar-refractivity contribution in [2.45, 2.75) is 38.1 Å². The monoisotopic (exact) mass is 238 g/mol. The highest BCUT2D eigenvalue weighted by molar-refractivity contribution is 5.43. The predicted molar refractivity (Wildman–Crippen MR) is 63.2 cm³/mol. The molecule has 0 aromatic heterocycles. The zero-order chi connectivity index (χ0) is 12.3. The number of hydrogen-bond acceptors (Lipinski definition) is 4. The van der Waals surface area contributed by atoms with Gasteiger partial charge in [0, 0.05) is 0 Å². The molecular weight excluding hydrogens is 220 g/mol. The van der Waals surface area contributed by atoms with E-state index < -0.39 is 6.10 Å². The quantitative estimate of drug-likeness (QED) is 0.834. The molecule has 0 bridgehead atoms. The van der Waals surface area contributed by atoms with Crippen molar-refractivity contribution in [3.63, 3.8) is 0 Å². The van der Waals surface area contributed by atoms with E-state index in [0.29, 0.717) is 11.5 Å². The maximum absolute atomic E-state index is 9.73. The van der Waals surface area contributed by atoms with Crippen molar-refractivity contribution < 1.29 is 19.7 Å². The van der Waals surface area contributed by atoms with Gasteiger partial charge in [0.05, 0.1) is 19.8 Å². The number of hydrogen-bond donors (Lipinski definition) is 2. The Morgan fingerprint density at radius 2 is 2.12 bits per heavy atom. The Kier molecular flexibility index (Phi) is 3.86. The average Bonchev–Trinajstić information content (AvgIpc) is 2.75. The van der Waals surface area contributed by atoms with Crippen LogP contribution in [0.2, 0.25) is 0 Å². The van der Waals surface area contributed by atoms with Crippen LogP contribution in [0, 0.1) is 0 Å². The Balaban J connectivity index is 2.17. The maximum atomic E-state index is 9.73. The van der Waals surface area contributed by atoms with Crippen LogP contribution in [-0.4, -0.2) is 29.5 Å². The van der Waals surface area contributed by atoms with E-state index in [1.807, 2.05) is 0 Å². The second-order valence-electron chi connectivity index (χ2n) is 4.30. The summed E-state index contributed by atoms with van der Waals surface area (Å²) >= 11 is 0. The van der Waals surface area contributed by atoms with Crippen molar-refractivity contribution >= 4 is 0 Å². The van der Waals surface area contributed by atoms with Crippen molar-refractivity contribution in [3.8, 4) is 11.5 Å². The second-order valence-corrected chi connectivity index (χ2v) is 4.30. The van der Waals surface area contributed by atoms with Gasteiger partial charge in [0.1, 0.15) is 6.10 Å². The number of methoxy groups -OCH3 is 1. The van der Waals surface area contributed by atoms with Gasteiger partial charge < -0.3 is 19.7 Å². The minimum absolute atomic E-state index is 0.0342. The molecule has 1 aromatic rings. The molecule has 1 aliphatic carbocycles. The van der Waals surface area contributed by atoms with Gasteiger partial charge in [0.2, 0.25) is 0 Å². The molecule has 0 amide bonds. The van der Waals surface area contributed by atoms with Crippen LogP contribution < -0.4 is 9.47 Å². The zero-order valence-corrected chi connectivity index (χ0v) is 9.93. The summed E-state index contributed by atoms with van der Waals surface area (Å²) in [6.45, 7) is -0.0342. The van der Waals surface area contributed by atoms with Crippen LogP contribution in [-0.2, 0) is 6.61 Å². The fraction of sp³-hybridized carbons (Fsp3) is 0.538. The summed E-state index contributed by atoms with van der Waals surface area (Å²) < 4.78 is 11.0. The van der Waals surface area contributed by atoms with Gasteiger partial charge in [-0.25, -0.2) is 0 Å². The Labute approximate surface area is 101 Å². The fourth-order valence-electron chi connectivity index (χ4n) is 2.12. The molecule has 4 nitrogen and oxygen atoms in total. The Morgan fingerprint density at radius 3 is 2.71 bits per heavy atom. The molecule has 1 saturated carbocycles. The van der Waals surface area contributed by atoms with E-state index >= 15 is 0 Å². The van der Waals surface area contributed by atoms with Gasteiger partial charge >= 0.3 is 0 Å². The molecule has 2 atom stereocenters. The molecule has 1 aromatic carbocycles. The molecule has 1 aliphatic rings. The van der Waals surface area contributed by atoms with Crippen molar-refractivity contribution in [3.05, 3.63) is 23.8 Å². The van der Waals surface area contributed by atoms with Crippen LogP contribution in [0.15, 0.2) is 18.2 Å². The van der Waals surface area contributed by atoms with Crippen LogP contribution in [0.5, 0.6) is 11.5 Å². The summed E-state index contributed by atoms with van der Waals surface area (Å²) in [6.07, 6.45) is 2.05. The number of aliphatic hydroxyl groups excluding tert-OH is 2. The topological polar surface area (TPSA) is 58.9 Å². The van der Waals surface area contributed by atoms with Crippen molar-refractivity contribution in [2.75, 3.05) is 7.11 Å². The lowest BCUT2D eigenvalue weighted by Crippen LogP contribution is -2.25. The van der Waals surface area contributed by atoms with Gasteiger partial charge in [-0.3, -0.25) is 0 Å². The summed E-state index contributed by atoms with van der Waals surface area (Å²) in [6, 6.07) is 5.31. The van der Waals surface area contributed by atoms with E-state index in [9.17, 15) is 5.11 Å². The average molecular weight is 238 g/mol. The zero-order valence-electron chi connectivity index (χ0n) is 9.93. The Morgan fingerprint density at radius 1 is 1.29 bits per heavy atom. The van der Waals surface area contributed by atoms with E-state index in [4.69, 9.17) is 14.6 Å². The van der Waals surface area contributed by atoms with Gasteiger partial charge in [0.25, 0.3) is 0 Å². The number of aliphatic hydroxyl groups is 2. The van der Waals surface area contributed by atoms with E-state index in [-0.39, 0.29) is 12.7 Å². The van der Waals surface area contributed by atoms with Crippen LogP contribution in [0.25, 0.3) is 0 Å². The summed E-state index contributed by atoms with van der Waals surface area (Å²) in [7, 11) is 1.58. The molecule has 0 saturated heterocycles. The normalized spacial score (nSPS) is 23.7. The third-order valence-electron chi connectivity index (χ3n) is 3.11. The molecule has 0 radical (unpaired) electrons. The first-order valence-corrected chi connectivity index (χ1v) is 5.87. The highest BCUT2D eigenvalue weighted by atomic mass is 16.5. The molecule has 0 aliphatic heterocycles. The van der Waals surface area contributed by atoms with Crippen LogP contribution in [0.4, 0.5) is 0 Å². The smallest absolute Gasteiger partial charge is 0.162 e. The van der Waals surface area contributed by atoms with Crippen LogP contribution >= 0.6 is 0 Å². The lowest BCUT2D eigenvalue weighted by molar-refractivity contribution is 0.0585. The highest BCUT2D eigenvalue weighted by Gasteiger charge is 2.27. The van der Waals surface area contributed by atoms with E-state index in [0.717, 1.165) is 24.8 Å². The molecule has 17 heavy (non-hydrogen) atoms. The summed E-state index contributed by atoms with van der Waals surface area (Å²) in [4.78, 5) is 0. The molecule has 2 rings (SSSR count). The van der Waals surface area contributed by atoms with Crippen molar-refractivity contribution in [1.29, 1.82) is 0 Å². The Bertz CT molecular complexity index is 378. The second kappa shape index (κ2) is 5.38. The summed E-state index contributed by atoms with van der Waals surface area (Å²) in [5, 5.41) is 18.8. The third kappa shape index (κ3) is 2.70. The number of ether oxygens (including phenoxy) is 2. The largest absolute Gasteiger partial charge is 0.493 e. The third-order valence-corrected chi connectivity index (χ3v) is 3.11. The van der Waals surface area contributed by atoms with Crippen molar-refractivity contribution in [2.24, 2.45) is 0 Å². The molecular formula is C13H18O4. The predicted octanol–water partition coefficient (Wildman–Crippen LogP) is 1.48. The first-order valence-electron chi connectivity index (χ1n) is 5.87. The SMILES string of the molecule is COc1ccc(CO)cc1OC1CCCC1O. The summed E-state index contributed by atoms with van der Waals surface area (Å²) in [5.41, 5.74) is 0.772. The van der Waals surface area contributed by atoms with Gasteiger partial charge in [-0.15, -0.1) is 0 Å². The first kappa shape index (κ1) is 12.2. The van der Waals surface area contributed by atoms with Gasteiger partial charge in [-0.2, -0.15) is 0 Å². The molecule has 1 fully saturated rings. The maximum Gasteiger partial charge on any atom is 0.162 e. The van der Waals surface area contributed by atoms with Crippen LogP contribution in [0.1, 0.15) is 24.8 Å². The molecule has 0 heterocycles. The lowest BCUT2D eigenvalue weighted by Gasteiger charge is -2.19. The van der Waals surface area contributed by atoms with E-state index in [1.54, 1.807) is 25.3 Å². The minimum Gasteiger partial charge on any atom is -0.493 e. The van der Waals surface area contributed by atoms with E-state index in [2.05, 4.69) is 0 Å². The molecule has 94 valence electrons. The first-order chi connectivity index (χ1) is 8.24. The lowest BCUT2D eigenvalue weighted by atomic mass is 10.2. The summed E-state index contributed by atoms with van der Waals surface area (Å²) in [5.74, 6) is 1.21. The molecule has 2 unspecified atom stereocenters.